The zero-order valence-electron chi connectivity index (χ0n) is 7.64. The van der Waals surface area contributed by atoms with Crippen LogP contribution in [0.1, 0.15) is 11.1 Å². The lowest BCUT2D eigenvalue weighted by Crippen LogP contribution is -1.88. The fraction of sp³-hybridized carbons (Fsp3) is 0. The Hall–Kier alpha value is -2.59. The first-order chi connectivity index (χ1) is 7.36. The third-order valence-electron chi connectivity index (χ3n) is 2.00. The van der Waals surface area contributed by atoms with E-state index in [-0.39, 0.29) is 0 Å². The van der Waals surface area contributed by atoms with Gasteiger partial charge >= 0.3 is 0 Å². The Morgan fingerprint density at radius 3 is 2.67 bits per heavy atom. The van der Waals surface area contributed by atoms with Crippen molar-refractivity contribution in [1.29, 1.82) is 10.5 Å². The maximum Gasteiger partial charge on any atom is 0.181 e. The third kappa shape index (κ3) is 1.45. The van der Waals surface area contributed by atoms with E-state index in [2.05, 4.69) is 4.98 Å². The maximum absolute atomic E-state index is 8.97. The second-order valence-corrected chi connectivity index (χ2v) is 2.83. The Kier molecular flexibility index (Phi) is 2.19. The predicted octanol–water partition coefficient (Wildman–Crippen LogP) is 2.08. The molecule has 2 aromatic rings. The fourth-order valence-electron chi connectivity index (χ4n) is 1.32. The summed E-state index contributed by atoms with van der Waals surface area (Å²) in [6.07, 6.45) is 2.73. The molecule has 0 saturated heterocycles. The smallest absolute Gasteiger partial charge is 0.181 e. The van der Waals surface area contributed by atoms with E-state index in [4.69, 9.17) is 14.9 Å². The van der Waals surface area contributed by atoms with Crippen LogP contribution in [0.4, 0.5) is 0 Å². The molecule has 1 aromatic heterocycles. The van der Waals surface area contributed by atoms with Crippen molar-refractivity contribution in [3.8, 4) is 23.4 Å². The Labute approximate surface area is 86.0 Å². The standard InChI is InChI=1S/C11H5N3O/c12-4-8-2-1-3-9(10(8)5-13)11-6-15-7-14-11/h1-3,6-7H. The van der Waals surface area contributed by atoms with Crippen LogP contribution in [0.2, 0.25) is 0 Å². The van der Waals surface area contributed by atoms with Gasteiger partial charge in [-0.05, 0) is 6.07 Å². The van der Waals surface area contributed by atoms with Crippen LogP contribution in [0, 0.1) is 22.7 Å². The fourth-order valence-corrected chi connectivity index (χ4v) is 1.32. The number of oxazole rings is 1. The highest BCUT2D eigenvalue weighted by Crippen LogP contribution is 2.23. The van der Waals surface area contributed by atoms with E-state index < -0.39 is 0 Å². The van der Waals surface area contributed by atoms with E-state index in [9.17, 15) is 0 Å². The lowest BCUT2D eigenvalue weighted by Gasteiger charge is -2.00. The largest absolute Gasteiger partial charge is 0.451 e. The van der Waals surface area contributed by atoms with Crippen molar-refractivity contribution in [3.63, 3.8) is 0 Å². The van der Waals surface area contributed by atoms with E-state index in [1.165, 1.54) is 12.7 Å². The molecule has 0 unspecified atom stereocenters. The van der Waals surface area contributed by atoms with E-state index in [1.807, 2.05) is 12.1 Å². The molecule has 0 amide bonds. The van der Waals surface area contributed by atoms with E-state index in [0.29, 0.717) is 22.4 Å². The molecule has 0 radical (unpaired) electrons. The second kappa shape index (κ2) is 3.65. The average Bonchev–Trinajstić information content (AvgIpc) is 2.81. The normalized spacial score (nSPS) is 9.20. The highest BCUT2D eigenvalue weighted by atomic mass is 16.3. The Bertz CT molecular complexity index is 559. The number of nitriles is 2. The first kappa shape index (κ1) is 8.98. The average molecular weight is 195 g/mol. The summed E-state index contributed by atoms with van der Waals surface area (Å²) in [5.41, 5.74) is 1.85. The minimum absolute atomic E-state index is 0.328. The summed E-state index contributed by atoms with van der Waals surface area (Å²) in [6.45, 7) is 0. The van der Waals surface area contributed by atoms with E-state index in [1.54, 1.807) is 18.2 Å². The molecule has 4 nitrogen and oxygen atoms in total. The minimum atomic E-state index is 0.328. The van der Waals surface area contributed by atoms with Crippen molar-refractivity contribution in [3.05, 3.63) is 42.0 Å². The molecule has 0 aliphatic carbocycles. The first-order valence-corrected chi connectivity index (χ1v) is 4.18. The van der Waals surface area contributed by atoms with Crippen molar-refractivity contribution in [2.45, 2.75) is 0 Å². The number of hydrogen-bond acceptors (Lipinski definition) is 4. The van der Waals surface area contributed by atoms with Gasteiger partial charge in [0.1, 0.15) is 24.1 Å². The lowest BCUT2D eigenvalue weighted by molar-refractivity contribution is 0.558. The Morgan fingerprint density at radius 2 is 2.07 bits per heavy atom. The van der Waals surface area contributed by atoms with Gasteiger partial charge in [0.2, 0.25) is 0 Å². The Morgan fingerprint density at radius 1 is 1.20 bits per heavy atom. The van der Waals surface area contributed by atoms with E-state index in [0.717, 1.165) is 0 Å². The molecule has 0 spiro atoms. The summed E-state index contributed by atoms with van der Waals surface area (Å²) in [7, 11) is 0. The van der Waals surface area contributed by atoms with Gasteiger partial charge in [-0.3, -0.25) is 0 Å². The zero-order valence-corrected chi connectivity index (χ0v) is 7.64. The topological polar surface area (TPSA) is 73.6 Å². The molecule has 1 heterocycles. The summed E-state index contributed by atoms with van der Waals surface area (Å²) in [4.78, 5) is 3.94. The van der Waals surface area contributed by atoms with Crippen molar-refractivity contribution in [2.75, 3.05) is 0 Å². The van der Waals surface area contributed by atoms with Crippen LogP contribution in [0.3, 0.4) is 0 Å². The summed E-state index contributed by atoms with van der Waals surface area (Å²) < 4.78 is 4.84. The molecule has 2 rings (SSSR count). The monoisotopic (exact) mass is 195 g/mol. The SMILES string of the molecule is N#Cc1cccc(-c2cocn2)c1C#N. The van der Waals surface area contributed by atoms with Crippen LogP contribution in [0.25, 0.3) is 11.3 Å². The molecule has 70 valence electrons. The van der Waals surface area contributed by atoms with Gasteiger partial charge in [0.25, 0.3) is 0 Å². The quantitative estimate of drug-likeness (QED) is 0.698. The molecule has 15 heavy (non-hydrogen) atoms. The van der Waals surface area contributed by atoms with Crippen LogP contribution in [-0.4, -0.2) is 4.98 Å². The van der Waals surface area contributed by atoms with Gasteiger partial charge in [-0.2, -0.15) is 10.5 Å². The molecular formula is C11H5N3O. The summed E-state index contributed by atoms with van der Waals surface area (Å²) in [5, 5.41) is 17.8. The maximum atomic E-state index is 8.97. The van der Waals surface area contributed by atoms with Crippen molar-refractivity contribution in [2.24, 2.45) is 0 Å². The molecule has 0 atom stereocenters. The van der Waals surface area contributed by atoms with Gasteiger partial charge in [0.15, 0.2) is 6.39 Å². The first-order valence-electron chi connectivity index (χ1n) is 4.18. The molecule has 4 heteroatoms. The second-order valence-electron chi connectivity index (χ2n) is 2.83. The molecule has 0 bridgehead atoms. The van der Waals surface area contributed by atoms with Crippen LogP contribution < -0.4 is 0 Å². The van der Waals surface area contributed by atoms with Gasteiger partial charge in [0.05, 0.1) is 11.1 Å². The zero-order chi connectivity index (χ0) is 10.7. The number of nitrogens with zero attached hydrogens (tertiary/aromatic N) is 3. The van der Waals surface area contributed by atoms with Gasteiger partial charge in [-0.15, -0.1) is 0 Å². The minimum Gasteiger partial charge on any atom is -0.451 e. The van der Waals surface area contributed by atoms with Crippen LogP contribution in [0.15, 0.2) is 35.3 Å². The Balaban J connectivity index is 2.70. The predicted molar refractivity (Wildman–Crippen MR) is 51.4 cm³/mol. The summed E-state index contributed by atoms with van der Waals surface area (Å²) >= 11 is 0. The summed E-state index contributed by atoms with van der Waals surface area (Å²) in [5.74, 6) is 0. The van der Waals surface area contributed by atoms with Crippen molar-refractivity contribution < 1.29 is 4.42 Å². The van der Waals surface area contributed by atoms with Crippen molar-refractivity contribution >= 4 is 0 Å². The molecule has 1 aromatic carbocycles. The van der Waals surface area contributed by atoms with Crippen LogP contribution in [0.5, 0.6) is 0 Å². The van der Waals surface area contributed by atoms with E-state index >= 15 is 0 Å². The highest BCUT2D eigenvalue weighted by Gasteiger charge is 2.10. The van der Waals surface area contributed by atoms with Gasteiger partial charge in [0, 0.05) is 5.56 Å². The van der Waals surface area contributed by atoms with Crippen molar-refractivity contribution in [1.82, 2.24) is 4.98 Å². The van der Waals surface area contributed by atoms with Gasteiger partial charge in [-0.25, -0.2) is 4.98 Å². The lowest BCUT2D eigenvalue weighted by atomic mass is 10.0. The summed E-state index contributed by atoms with van der Waals surface area (Å²) in [6, 6.07) is 9.01. The molecule has 0 fully saturated rings. The number of aromatic nitrogens is 1. The number of benzene rings is 1. The molecule has 0 aliphatic heterocycles. The molecule has 0 N–H and O–H groups in total. The highest BCUT2D eigenvalue weighted by molar-refractivity contribution is 5.70. The number of rotatable bonds is 1. The van der Waals surface area contributed by atoms with Gasteiger partial charge < -0.3 is 4.42 Å². The third-order valence-corrected chi connectivity index (χ3v) is 2.00. The van der Waals surface area contributed by atoms with Crippen LogP contribution in [-0.2, 0) is 0 Å². The molecule has 0 aliphatic rings. The number of hydrogen-bond donors (Lipinski definition) is 0. The molecule has 0 saturated carbocycles. The molecular weight excluding hydrogens is 190 g/mol. The van der Waals surface area contributed by atoms with Gasteiger partial charge in [-0.1, -0.05) is 12.1 Å². The van der Waals surface area contributed by atoms with Crippen LogP contribution >= 0.6 is 0 Å².